The first-order chi connectivity index (χ1) is 3.56. The van der Waals surface area contributed by atoms with Crippen LogP contribution in [0.2, 0.25) is 19.3 Å². The van der Waals surface area contributed by atoms with Crippen molar-refractivity contribution in [3.63, 3.8) is 0 Å². The predicted molar refractivity (Wildman–Crippen MR) is 46.6 cm³/mol. The van der Waals surface area contributed by atoms with Crippen LogP contribution < -0.4 is 0 Å². The van der Waals surface area contributed by atoms with Crippen molar-refractivity contribution in [3.05, 3.63) is 0 Å². The van der Waals surface area contributed by atoms with Gasteiger partial charge in [0.25, 0.3) is 0 Å². The van der Waals surface area contributed by atoms with E-state index >= 15 is 0 Å². The van der Waals surface area contributed by atoms with Gasteiger partial charge >= 0.3 is 65.3 Å². The molecule has 0 heterocycles. The zero-order valence-corrected chi connectivity index (χ0v) is 10.4. The first kappa shape index (κ1) is 9.28. The molecule has 0 aliphatic carbocycles. The van der Waals surface area contributed by atoms with Crippen molar-refractivity contribution < 1.29 is 0 Å². The summed E-state index contributed by atoms with van der Waals surface area (Å²) in [6.45, 7) is 0. The number of rotatable bonds is 3. The Morgan fingerprint density at radius 2 is 1.75 bits per heavy atom. The van der Waals surface area contributed by atoms with Crippen LogP contribution >= 0.6 is 15.9 Å². The second kappa shape index (κ2) is 4.15. The number of hydrogen-bond donors (Lipinski definition) is 0. The van der Waals surface area contributed by atoms with E-state index < -0.39 is 18.4 Å². The predicted octanol–water partition coefficient (Wildman–Crippen LogP) is 3.11. The Labute approximate surface area is 65.0 Å². The molecule has 0 fully saturated rings. The van der Waals surface area contributed by atoms with E-state index in [1.807, 2.05) is 0 Å². The minimum absolute atomic E-state index is 1.20. The van der Waals surface area contributed by atoms with Gasteiger partial charge in [-0.1, -0.05) is 0 Å². The molecule has 0 unspecified atom stereocenters. The zero-order chi connectivity index (χ0) is 6.62. The minimum atomic E-state index is -1.34. The van der Waals surface area contributed by atoms with E-state index in [1.165, 1.54) is 16.2 Å². The topological polar surface area (TPSA) is 0 Å². The summed E-state index contributed by atoms with van der Waals surface area (Å²) in [4.78, 5) is 7.45. The molecule has 50 valence electrons. The molecule has 0 saturated heterocycles. The average Bonchev–Trinajstić information content (AvgIpc) is 1.59. The van der Waals surface area contributed by atoms with Gasteiger partial charge in [0.2, 0.25) is 0 Å². The summed E-state index contributed by atoms with van der Waals surface area (Å²) in [7, 11) is 0. The van der Waals surface area contributed by atoms with Crippen LogP contribution in [0.1, 0.15) is 6.42 Å². The number of halogens is 1. The number of hydrogen-bond acceptors (Lipinski definition) is 0. The molecular formula is C6H15BrSn. The van der Waals surface area contributed by atoms with Crippen molar-refractivity contribution in [2.24, 2.45) is 0 Å². The van der Waals surface area contributed by atoms with Crippen LogP contribution in [-0.2, 0) is 0 Å². The van der Waals surface area contributed by atoms with E-state index in [0.717, 1.165) is 0 Å². The van der Waals surface area contributed by atoms with E-state index in [1.54, 1.807) is 0 Å². The summed E-state index contributed by atoms with van der Waals surface area (Å²) in [5.74, 6) is 0. The molecule has 0 rings (SSSR count). The first-order valence-electron chi connectivity index (χ1n) is 3.12. The Balaban J connectivity index is 3.11. The van der Waals surface area contributed by atoms with Gasteiger partial charge in [-0.25, -0.2) is 0 Å². The molecule has 0 nitrogen and oxygen atoms in total. The SMILES string of the molecule is [CH3][Sn]([CH3])([CH3])[CH2]CCBr. The third-order valence-corrected chi connectivity index (χ3v) is 6.91. The van der Waals surface area contributed by atoms with Gasteiger partial charge < -0.3 is 0 Å². The van der Waals surface area contributed by atoms with Crippen molar-refractivity contribution >= 4 is 34.3 Å². The van der Waals surface area contributed by atoms with Crippen LogP contribution in [0.5, 0.6) is 0 Å². The van der Waals surface area contributed by atoms with Gasteiger partial charge in [-0.2, -0.15) is 0 Å². The Kier molecular flexibility index (Phi) is 4.81. The first-order valence-corrected chi connectivity index (χ1v) is 14.8. The fourth-order valence-electron chi connectivity index (χ4n) is 0.597. The van der Waals surface area contributed by atoms with Crippen molar-refractivity contribution in [1.29, 1.82) is 0 Å². The van der Waals surface area contributed by atoms with E-state index in [4.69, 9.17) is 0 Å². The normalized spacial score (nSPS) is 12.0. The maximum atomic E-state index is 3.44. The standard InChI is InChI=1S/C3H6Br.3CH3.Sn/c1-2-3-4;;;;/h1-3H2;3*1H3;. The molecule has 0 spiro atoms. The van der Waals surface area contributed by atoms with E-state index in [9.17, 15) is 0 Å². The third kappa shape index (κ3) is 7.28. The summed E-state index contributed by atoms with van der Waals surface area (Å²) < 4.78 is 1.53. The van der Waals surface area contributed by atoms with E-state index in [2.05, 4.69) is 30.7 Å². The molecular weight excluding hydrogens is 271 g/mol. The molecule has 0 aromatic carbocycles. The molecule has 0 amide bonds. The summed E-state index contributed by atoms with van der Waals surface area (Å²) in [6.07, 6.45) is 1.39. The second-order valence-corrected chi connectivity index (χ2v) is 20.2. The Bertz CT molecular complexity index is 56.0. The third-order valence-electron chi connectivity index (χ3n) is 1.06. The number of alkyl halides is 1. The molecule has 0 aromatic heterocycles. The van der Waals surface area contributed by atoms with Crippen molar-refractivity contribution in [2.75, 3.05) is 5.33 Å². The molecule has 0 saturated carbocycles. The van der Waals surface area contributed by atoms with Gasteiger partial charge in [0.1, 0.15) is 0 Å². The van der Waals surface area contributed by atoms with E-state index in [0.29, 0.717) is 0 Å². The summed E-state index contributed by atoms with van der Waals surface area (Å²) >= 11 is 2.10. The van der Waals surface area contributed by atoms with Gasteiger partial charge in [0, 0.05) is 0 Å². The molecule has 8 heavy (non-hydrogen) atoms. The van der Waals surface area contributed by atoms with Gasteiger partial charge in [0.05, 0.1) is 0 Å². The molecule has 0 atom stereocenters. The monoisotopic (exact) mass is 286 g/mol. The van der Waals surface area contributed by atoms with Crippen LogP contribution in [0.15, 0.2) is 0 Å². The van der Waals surface area contributed by atoms with Crippen molar-refractivity contribution in [1.82, 2.24) is 0 Å². The quantitative estimate of drug-likeness (QED) is 0.552. The van der Waals surface area contributed by atoms with Crippen LogP contribution in [-0.4, -0.2) is 23.7 Å². The Hall–Kier alpha value is 1.28. The average molecular weight is 286 g/mol. The maximum absolute atomic E-state index is 3.44. The fraction of sp³-hybridized carbons (Fsp3) is 1.00. The van der Waals surface area contributed by atoms with Gasteiger partial charge in [-0.05, 0) is 0 Å². The van der Waals surface area contributed by atoms with Crippen LogP contribution in [0, 0.1) is 0 Å². The summed E-state index contributed by atoms with van der Waals surface area (Å²) in [6, 6.07) is 0. The van der Waals surface area contributed by atoms with Gasteiger partial charge in [-0.3, -0.25) is 0 Å². The zero-order valence-electron chi connectivity index (χ0n) is 6.00. The summed E-state index contributed by atoms with van der Waals surface area (Å²) in [5, 5.41) is 1.20. The molecule has 0 aliphatic rings. The molecule has 0 aliphatic heterocycles. The molecule has 0 bridgehead atoms. The molecule has 0 N–H and O–H groups in total. The summed E-state index contributed by atoms with van der Waals surface area (Å²) in [5.41, 5.74) is 0. The van der Waals surface area contributed by atoms with Crippen LogP contribution in [0.3, 0.4) is 0 Å². The van der Waals surface area contributed by atoms with Crippen LogP contribution in [0.25, 0.3) is 0 Å². The van der Waals surface area contributed by atoms with Gasteiger partial charge in [-0.15, -0.1) is 0 Å². The van der Waals surface area contributed by atoms with Crippen molar-refractivity contribution in [3.8, 4) is 0 Å². The van der Waals surface area contributed by atoms with Crippen LogP contribution in [0.4, 0.5) is 0 Å². The molecule has 0 radical (unpaired) electrons. The Morgan fingerprint density at radius 1 is 1.25 bits per heavy atom. The molecule has 0 aromatic rings. The Morgan fingerprint density at radius 3 is 1.88 bits per heavy atom. The fourth-order valence-corrected chi connectivity index (χ4v) is 5.89. The van der Waals surface area contributed by atoms with Crippen molar-refractivity contribution in [2.45, 2.75) is 25.7 Å². The van der Waals surface area contributed by atoms with Gasteiger partial charge in [0.15, 0.2) is 0 Å². The second-order valence-electron chi connectivity index (χ2n) is 3.35. The van der Waals surface area contributed by atoms with E-state index in [-0.39, 0.29) is 0 Å². The molecule has 2 heteroatoms.